The van der Waals surface area contributed by atoms with E-state index in [2.05, 4.69) is 10.6 Å². The van der Waals surface area contributed by atoms with Gasteiger partial charge in [-0.1, -0.05) is 23.8 Å². The predicted molar refractivity (Wildman–Crippen MR) is 78.3 cm³/mol. The second-order valence-electron chi connectivity index (χ2n) is 4.67. The standard InChI is InChI=1S/C16H17FN2O/c1-11-6-7-15(17)14(8-11)16(20)19-13-5-3-4-12(9-13)10-18-2/h3-9,18H,10H2,1-2H3,(H,19,20). The van der Waals surface area contributed by atoms with Crippen LogP contribution in [0.3, 0.4) is 0 Å². The third-order valence-electron chi connectivity index (χ3n) is 2.93. The van der Waals surface area contributed by atoms with E-state index in [1.165, 1.54) is 6.07 Å². The fourth-order valence-electron chi connectivity index (χ4n) is 1.97. The van der Waals surface area contributed by atoms with Crippen LogP contribution in [0.4, 0.5) is 10.1 Å². The summed E-state index contributed by atoms with van der Waals surface area (Å²) >= 11 is 0. The quantitative estimate of drug-likeness (QED) is 0.898. The molecule has 0 spiro atoms. The molecule has 0 heterocycles. The summed E-state index contributed by atoms with van der Waals surface area (Å²) in [5, 5.41) is 5.76. The van der Waals surface area contributed by atoms with Crippen molar-refractivity contribution in [1.29, 1.82) is 0 Å². The van der Waals surface area contributed by atoms with Gasteiger partial charge in [-0.2, -0.15) is 0 Å². The average molecular weight is 272 g/mol. The molecule has 20 heavy (non-hydrogen) atoms. The summed E-state index contributed by atoms with van der Waals surface area (Å²) in [6.07, 6.45) is 0. The Bertz CT molecular complexity index is 626. The smallest absolute Gasteiger partial charge is 0.258 e. The second kappa shape index (κ2) is 6.30. The lowest BCUT2D eigenvalue weighted by Crippen LogP contribution is -2.14. The Morgan fingerprint density at radius 3 is 2.75 bits per heavy atom. The molecule has 0 bridgehead atoms. The average Bonchev–Trinajstić information content (AvgIpc) is 2.42. The van der Waals surface area contributed by atoms with Crippen molar-refractivity contribution in [2.24, 2.45) is 0 Å². The topological polar surface area (TPSA) is 41.1 Å². The molecule has 0 saturated carbocycles. The Balaban J connectivity index is 2.19. The minimum Gasteiger partial charge on any atom is -0.322 e. The highest BCUT2D eigenvalue weighted by Crippen LogP contribution is 2.15. The highest BCUT2D eigenvalue weighted by Gasteiger charge is 2.12. The van der Waals surface area contributed by atoms with E-state index in [4.69, 9.17) is 0 Å². The maximum Gasteiger partial charge on any atom is 0.258 e. The zero-order valence-corrected chi connectivity index (χ0v) is 11.5. The van der Waals surface area contributed by atoms with Gasteiger partial charge in [0, 0.05) is 12.2 Å². The van der Waals surface area contributed by atoms with E-state index >= 15 is 0 Å². The van der Waals surface area contributed by atoms with E-state index in [0.717, 1.165) is 11.1 Å². The maximum absolute atomic E-state index is 13.7. The van der Waals surface area contributed by atoms with Gasteiger partial charge in [0.25, 0.3) is 5.91 Å². The molecular formula is C16H17FN2O. The van der Waals surface area contributed by atoms with E-state index in [1.54, 1.807) is 18.2 Å². The first kappa shape index (κ1) is 14.2. The van der Waals surface area contributed by atoms with Crippen molar-refractivity contribution >= 4 is 11.6 Å². The number of carbonyl (C=O) groups excluding carboxylic acids is 1. The van der Waals surface area contributed by atoms with Crippen LogP contribution in [0.1, 0.15) is 21.5 Å². The molecule has 0 atom stereocenters. The number of amides is 1. The molecule has 0 radical (unpaired) electrons. The Morgan fingerprint density at radius 2 is 2.00 bits per heavy atom. The van der Waals surface area contributed by atoms with Gasteiger partial charge in [-0.25, -0.2) is 4.39 Å². The molecular weight excluding hydrogens is 255 g/mol. The SMILES string of the molecule is CNCc1cccc(NC(=O)c2cc(C)ccc2F)c1. The zero-order valence-electron chi connectivity index (χ0n) is 11.5. The number of hydrogen-bond donors (Lipinski definition) is 2. The number of aryl methyl sites for hydroxylation is 1. The van der Waals surface area contributed by atoms with Crippen LogP contribution in [0.5, 0.6) is 0 Å². The van der Waals surface area contributed by atoms with Crippen LogP contribution in [0.2, 0.25) is 0 Å². The van der Waals surface area contributed by atoms with Crippen molar-refractivity contribution in [1.82, 2.24) is 5.32 Å². The molecule has 3 nitrogen and oxygen atoms in total. The van der Waals surface area contributed by atoms with Crippen LogP contribution in [-0.2, 0) is 6.54 Å². The number of anilines is 1. The van der Waals surface area contributed by atoms with Crippen LogP contribution in [0.25, 0.3) is 0 Å². The van der Waals surface area contributed by atoms with Gasteiger partial charge in [0.2, 0.25) is 0 Å². The monoisotopic (exact) mass is 272 g/mol. The van der Waals surface area contributed by atoms with Crippen molar-refractivity contribution in [3.63, 3.8) is 0 Å². The summed E-state index contributed by atoms with van der Waals surface area (Å²) in [6.45, 7) is 2.53. The molecule has 2 aromatic carbocycles. The predicted octanol–water partition coefficient (Wildman–Crippen LogP) is 3.11. The largest absolute Gasteiger partial charge is 0.322 e. The van der Waals surface area contributed by atoms with Crippen molar-refractivity contribution < 1.29 is 9.18 Å². The number of hydrogen-bond acceptors (Lipinski definition) is 2. The van der Waals surface area contributed by atoms with Crippen LogP contribution >= 0.6 is 0 Å². The summed E-state index contributed by atoms with van der Waals surface area (Å²) in [4.78, 5) is 12.1. The molecule has 104 valence electrons. The third-order valence-corrected chi connectivity index (χ3v) is 2.93. The Morgan fingerprint density at radius 1 is 1.20 bits per heavy atom. The Kier molecular flexibility index (Phi) is 4.48. The van der Waals surface area contributed by atoms with E-state index in [-0.39, 0.29) is 5.56 Å². The summed E-state index contributed by atoms with van der Waals surface area (Å²) in [5.41, 5.74) is 2.61. The first-order chi connectivity index (χ1) is 9.60. The molecule has 2 rings (SSSR count). The van der Waals surface area contributed by atoms with Gasteiger partial charge < -0.3 is 10.6 Å². The minimum absolute atomic E-state index is 0.0593. The van der Waals surface area contributed by atoms with Crippen LogP contribution in [-0.4, -0.2) is 13.0 Å². The van der Waals surface area contributed by atoms with E-state index in [1.807, 2.05) is 32.2 Å². The highest BCUT2D eigenvalue weighted by molar-refractivity contribution is 6.04. The normalized spacial score (nSPS) is 10.3. The van der Waals surface area contributed by atoms with Crippen LogP contribution < -0.4 is 10.6 Å². The molecule has 0 aromatic heterocycles. The summed E-state index contributed by atoms with van der Waals surface area (Å²) in [7, 11) is 1.85. The number of benzene rings is 2. The third kappa shape index (κ3) is 3.42. The summed E-state index contributed by atoms with van der Waals surface area (Å²) in [5.74, 6) is -0.952. The van der Waals surface area contributed by atoms with E-state index < -0.39 is 11.7 Å². The summed E-state index contributed by atoms with van der Waals surface area (Å²) in [6, 6.07) is 11.9. The molecule has 2 N–H and O–H groups in total. The van der Waals surface area contributed by atoms with Crippen molar-refractivity contribution in [3.8, 4) is 0 Å². The second-order valence-corrected chi connectivity index (χ2v) is 4.67. The fraction of sp³-hybridized carbons (Fsp3) is 0.188. The lowest BCUT2D eigenvalue weighted by molar-refractivity contribution is 0.102. The fourth-order valence-corrected chi connectivity index (χ4v) is 1.97. The van der Waals surface area contributed by atoms with E-state index in [0.29, 0.717) is 12.2 Å². The molecule has 0 fully saturated rings. The minimum atomic E-state index is -0.514. The first-order valence-electron chi connectivity index (χ1n) is 6.41. The summed E-state index contributed by atoms with van der Waals surface area (Å²) < 4.78 is 13.7. The lowest BCUT2D eigenvalue weighted by atomic mass is 10.1. The maximum atomic E-state index is 13.7. The van der Waals surface area contributed by atoms with Crippen molar-refractivity contribution in [2.45, 2.75) is 13.5 Å². The number of nitrogens with one attached hydrogen (secondary N) is 2. The molecule has 0 saturated heterocycles. The lowest BCUT2D eigenvalue weighted by Gasteiger charge is -2.08. The zero-order chi connectivity index (χ0) is 14.5. The number of halogens is 1. The van der Waals surface area contributed by atoms with Crippen molar-refractivity contribution in [3.05, 3.63) is 65.0 Å². The van der Waals surface area contributed by atoms with Gasteiger partial charge in [0.05, 0.1) is 5.56 Å². The Hall–Kier alpha value is -2.20. The highest BCUT2D eigenvalue weighted by atomic mass is 19.1. The van der Waals surface area contributed by atoms with E-state index in [9.17, 15) is 9.18 Å². The van der Waals surface area contributed by atoms with Gasteiger partial charge >= 0.3 is 0 Å². The van der Waals surface area contributed by atoms with Gasteiger partial charge in [0.15, 0.2) is 0 Å². The molecule has 0 aliphatic heterocycles. The molecule has 0 aliphatic carbocycles. The molecule has 0 unspecified atom stereocenters. The molecule has 1 amide bonds. The first-order valence-corrected chi connectivity index (χ1v) is 6.41. The molecule has 0 aliphatic rings. The van der Waals surface area contributed by atoms with Gasteiger partial charge in [-0.05, 0) is 43.8 Å². The Labute approximate surface area is 117 Å². The number of rotatable bonds is 4. The van der Waals surface area contributed by atoms with Gasteiger partial charge in [-0.3, -0.25) is 4.79 Å². The number of carbonyl (C=O) groups is 1. The van der Waals surface area contributed by atoms with Crippen LogP contribution in [0.15, 0.2) is 42.5 Å². The van der Waals surface area contributed by atoms with Crippen LogP contribution in [0, 0.1) is 12.7 Å². The van der Waals surface area contributed by atoms with Gasteiger partial charge in [0.1, 0.15) is 5.82 Å². The molecule has 4 heteroatoms. The van der Waals surface area contributed by atoms with Gasteiger partial charge in [-0.15, -0.1) is 0 Å². The molecule has 2 aromatic rings. The van der Waals surface area contributed by atoms with Crippen molar-refractivity contribution in [2.75, 3.05) is 12.4 Å².